The van der Waals surface area contributed by atoms with Crippen molar-refractivity contribution in [2.45, 2.75) is 38.7 Å². The summed E-state index contributed by atoms with van der Waals surface area (Å²) < 4.78 is 5.20. The quantitative estimate of drug-likeness (QED) is 0.567. The molecule has 0 N–H and O–H groups in total. The van der Waals surface area contributed by atoms with E-state index in [2.05, 4.69) is 11.8 Å². The number of ether oxygens (including phenoxy) is 1. The minimum Gasteiger partial charge on any atom is -0.461 e. The molecule has 5 heteroatoms. The van der Waals surface area contributed by atoms with E-state index in [0.717, 1.165) is 25.9 Å². The van der Waals surface area contributed by atoms with E-state index in [-0.39, 0.29) is 30.4 Å². The molecule has 1 rings (SSSR count). The first kappa shape index (κ1) is 16.0. The summed E-state index contributed by atoms with van der Waals surface area (Å²) in [6.45, 7) is 5.46. The predicted octanol–water partition coefficient (Wildman–Crippen LogP) is 2.45. The Morgan fingerprint density at radius 1 is 1.44 bits per heavy atom. The molecule has 0 atom stereocenters. The van der Waals surface area contributed by atoms with Gasteiger partial charge in [-0.3, -0.25) is 4.79 Å². The number of nitrogens with zero attached hydrogens (tertiary/aromatic N) is 1. The van der Waals surface area contributed by atoms with Crippen LogP contribution in [0.2, 0.25) is 0 Å². The summed E-state index contributed by atoms with van der Waals surface area (Å²) in [7, 11) is 0. The molecule has 0 unspecified atom stereocenters. The number of esters is 1. The molecular formula is C11H21Cl2NO2. The number of likely N-dealkylation sites (tertiary alicyclic amines) is 1. The minimum absolute atomic E-state index is 0. The number of piperidine rings is 1. The molecule has 1 aliphatic rings. The van der Waals surface area contributed by atoms with Crippen LogP contribution in [0, 0.1) is 0 Å². The maximum atomic E-state index is 11.0. The fourth-order valence-corrected chi connectivity index (χ4v) is 1.91. The van der Waals surface area contributed by atoms with E-state index < -0.39 is 0 Å². The Labute approximate surface area is 109 Å². The van der Waals surface area contributed by atoms with E-state index in [1.54, 1.807) is 0 Å². The third-order valence-electron chi connectivity index (χ3n) is 2.77. The van der Waals surface area contributed by atoms with Crippen molar-refractivity contribution in [3.8, 4) is 0 Å². The molecule has 0 amide bonds. The zero-order valence-electron chi connectivity index (χ0n) is 9.78. The number of alkyl halides is 1. The lowest BCUT2D eigenvalue weighted by molar-refractivity contribution is -0.148. The van der Waals surface area contributed by atoms with Crippen molar-refractivity contribution < 1.29 is 9.53 Å². The average Bonchev–Trinajstić information content (AvgIpc) is 2.28. The summed E-state index contributed by atoms with van der Waals surface area (Å²) in [5.74, 6) is -0.320. The SMILES string of the molecule is CCCCN1CCC(OC(=O)CCl)CC1.Cl. The Morgan fingerprint density at radius 2 is 2.06 bits per heavy atom. The molecule has 0 aromatic heterocycles. The third-order valence-corrected chi connectivity index (χ3v) is 2.99. The topological polar surface area (TPSA) is 29.5 Å². The lowest BCUT2D eigenvalue weighted by Crippen LogP contribution is -2.38. The number of hydrogen-bond acceptors (Lipinski definition) is 3. The predicted molar refractivity (Wildman–Crippen MR) is 68.4 cm³/mol. The average molecular weight is 270 g/mol. The first-order chi connectivity index (χ1) is 7.26. The van der Waals surface area contributed by atoms with Crippen molar-refractivity contribution >= 4 is 30.0 Å². The molecule has 16 heavy (non-hydrogen) atoms. The Balaban J connectivity index is 0.00000225. The molecular weight excluding hydrogens is 249 g/mol. The second-order valence-corrected chi connectivity index (χ2v) is 4.29. The molecule has 1 aliphatic heterocycles. The second kappa shape index (κ2) is 9.08. The van der Waals surface area contributed by atoms with E-state index in [1.165, 1.54) is 19.4 Å². The summed E-state index contributed by atoms with van der Waals surface area (Å²) in [6.07, 6.45) is 4.49. The zero-order chi connectivity index (χ0) is 11.1. The molecule has 1 heterocycles. The third kappa shape index (κ3) is 5.92. The van der Waals surface area contributed by atoms with E-state index in [4.69, 9.17) is 16.3 Å². The molecule has 3 nitrogen and oxygen atoms in total. The van der Waals surface area contributed by atoms with E-state index >= 15 is 0 Å². The van der Waals surface area contributed by atoms with Crippen molar-refractivity contribution in [1.82, 2.24) is 4.90 Å². The van der Waals surface area contributed by atoms with Crippen molar-refractivity contribution in [3.63, 3.8) is 0 Å². The number of carbonyl (C=O) groups is 1. The Kier molecular flexibility index (Phi) is 9.09. The fourth-order valence-electron chi connectivity index (χ4n) is 1.85. The van der Waals surface area contributed by atoms with Gasteiger partial charge in [-0.15, -0.1) is 24.0 Å². The molecule has 0 spiro atoms. The monoisotopic (exact) mass is 269 g/mol. The second-order valence-electron chi connectivity index (χ2n) is 4.02. The number of hydrogen-bond donors (Lipinski definition) is 0. The molecule has 0 aromatic rings. The fraction of sp³-hybridized carbons (Fsp3) is 0.909. The lowest BCUT2D eigenvalue weighted by Gasteiger charge is -2.31. The number of unbranched alkanes of at least 4 members (excludes halogenated alkanes) is 1. The standard InChI is InChI=1S/C11H20ClNO2.ClH/c1-2-3-6-13-7-4-10(5-8-13)15-11(14)9-12;/h10H,2-9H2,1H3;1H. The molecule has 0 saturated carbocycles. The van der Waals surface area contributed by atoms with Gasteiger partial charge in [0.05, 0.1) is 0 Å². The normalized spacial score (nSPS) is 17.9. The number of halogens is 2. The van der Waals surface area contributed by atoms with E-state index in [9.17, 15) is 4.79 Å². The Bertz CT molecular complexity index is 194. The van der Waals surface area contributed by atoms with Crippen LogP contribution >= 0.6 is 24.0 Å². The Hall–Kier alpha value is 0.01000. The number of rotatable bonds is 5. The highest BCUT2D eigenvalue weighted by Gasteiger charge is 2.21. The summed E-state index contributed by atoms with van der Waals surface area (Å²) >= 11 is 5.38. The van der Waals surface area contributed by atoms with Crippen LogP contribution in [0.15, 0.2) is 0 Å². The minimum atomic E-state index is -0.288. The van der Waals surface area contributed by atoms with Crippen LogP contribution in [-0.4, -0.2) is 42.5 Å². The zero-order valence-corrected chi connectivity index (χ0v) is 11.4. The molecule has 1 fully saturated rings. The van der Waals surface area contributed by atoms with Crippen molar-refractivity contribution in [2.75, 3.05) is 25.5 Å². The Morgan fingerprint density at radius 3 is 2.56 bits per heavy atom. The van der Waals surface area contributed by atoms with Gasteiger partial charge in [0.25, 0.3) is 0 Å². The van der Waals surface area contributed by atoms with Gasteiger partial charge in [0, 0.05) is 13.1 Å². The highest BCUT2D eigenvalue weighted by molar-refractivity contribution is 6.26. The van der Waals surface area contributed by atoms with Crippen LogP contribution in [0.1, 0.15) is 32.6 Å². The maximum absolute atomic E-state index is 11.0. The van der Waals surface area contributed by atoms with Crippen molar-refractivity contribution in [3.05, 3.63) is 0 Å². The molecule has 96 valence electrons. The van der Waals surface area contributed by atoms with Gasteiger partial charge in [0.1, 0.15) is 12.0 Å². The molecule has 0 radical (unpaired) electrons. The highest BCUT2D eigenvalue weighted by Crippen LogP contribution is 2.14. The lowest BCUT2D eigenvalue weighted by atomic mass is 10.1. The van der Waals surface area contributed by atoms with Crippen molar-refractivity contribution in [1.29, 1.82) is 0 Å². The van der Waals surface area contributed by atoms with Gasteiger partial charge >= 0.3 is 5.97 Å². The van der Waals surface area contributed by atoms with E-state index in [1.807, 2.05) is 0 Å². The van der Waals surface area contributed by atoms with Crippen LogP contribution in [0.3, 0.4) is 0 Å². The summed E-state index contributed by atoms with van der Waals surface area (Å²) in [4.78, 5) is 13.4. The van der Waals surface area contributed by atoms with Gasteiger partial charge in [0.2, 0.25) is 0 Å². The van der Waals surface area contributed by atoms with Crippen LogP contribution in [0.4, 0.5) is 0 Å². The van der Waals surface area contributed by atoms with Crippen LogP contribution in [-0.2, 0) is 9.53 Å². The van der Waals surface area contributed by atoms with E-state index in [0.29, 0.717) is 0 Å². The first-order valence-electron chi connectivity index (χ1n) is 5.74. The summed E-state index contributed by atoms with van der Waals surface area (Å²) in [5, 5.41) is 0. The molecule has 0 aliphatic carbocycles. The molecule has 1 saturated heterocycles. The smallest absolute Gasteiger partial charge is 0.321 e. The van der Waals surface area contributed by atoms with Gasteiger partial charge in [-0.05, 0) is 25.8 Å². The van der Waals surface area contributed by atoms with Gasteiger partial charge in [-0.2, -0.15) is 0 Å². The largest absolute Gasteiger partial charge is 0.461 e. The summed E-state index contributed by atoms with van der Waals surface area (Å²) in [6, 6.07) is 0. The van der Waals surface area contributed by atoms with Gasteiger partial charge in [0.15, 0.2) is 0 Å². The molecule has 0 bridgehead atoms. The number of carbonyl (C=O) groups excluding carboxylic acids is 1. The summed E-state index contributed by atoms with van der Waals surface area (Å²) in [5.41, 5.74) is 0. The molecule has 0 aromatic carbocycles. The van der Waals surface area contributed by atoms with Crippen LogP contribution < -0.4 is 0 Å². The maximum Gasteiger partial charge on any atom is 0.321 e. The van der Waals surface area contributed by atoms with Gasteiger partial charge < -0.3 is 9.64 Å². The first-order valence-corrected chi connectivity index (χ1v) is 6.27. The van der Waals surface area contributed by atoms with Crippen LogP contribution in [0.25, 0.3) is 0 Å². The van der Waals surface area contributed by atoms with Gasteiger partial charge in [-0.1, -0.05) is 13.3 Å². The highest BCUT2D eigenvalue weighted by atomic mass is 35.5. The van der Waals surface area contributed by atoms with Crippen molar-refractivity contribution in [2.24, 2.45) is 0 Å². The van der Waals surface area contributed by atoms with Crippen LogP contribution in [0.5, 0.6) is 0 Å². The van der Waals surface area contributed by atoms with Gasteiger partial charge in [-0.25, -0.2) is 0 Å².